The zero-order chi connectivity index (χ0) is 20.6. The van der Waals surface area contributed by atoms with Crippen molar-refractivity contribution in [3.05, 3.63) is 53.6 Å². The van der Waals surface area contributed by atoms with E-state index in [-0.39, 0.29) is 18.6 Å². The first-order valence-electron chi connectivity index (χ1n) is 9.53. The molecule has 0 bridgehead atoms. The summed E-state index contributed by atoms with van der Waals surface area (Å²) in [7, 11) is 1.96. The number of allylic oxidation sites excluding steroid dienone is 1. The molecule has 1 aromatic carbocycles. The highest BCUT2D eigenvalue weighted by Crippen LogP contribution is 2.29. The number of alkyl halides is 1. The summed E-state index contributed by atoms with van der Waals surface area (Å²) < 4.78 is 16.2. The van der Waals surface area contributed by atoms with Gasteiger partial charge in [0.2, 0.25) is 0 Å². The molecule has 4 N–H and O–H groups in total. The first-order chi connectivity index (χ1) is 13.9. The molecule has 4 rings (SSSR count). The van der Waals surface area contributed by atoms with Crippen molar-refractivity contribution in [1.82, 2.24) is 9.97 Å². The third-order valence-electron chi connectivity index (χ3n) is 5.52. The van der Waals surface area contributed by atoms with Crippen LogP contribution in [-0.4, -0.2) is 64.0 Å². The molecule has 0 aliphatic carbocycles. The van der Waals surface area contributed by atoms with Crippen molar-refractivity contribution in [2.45, 2.75) is 18.5 Å². The van der Waals surface area contributed by atoms with Crippen molar-refractivity contribution in [3.8, 4) is 0 Å². The number of aliphatic hydroxyl groups is 1. The third kappa shape index (κ3) is 3.75. The molecule has 150 valence electrons. The third-order valence-corrected chi connectivity index (χ3v) is 5.52. The Morgan fingerprint density at radius 2 is 2.03 bits per heavy atom. The zero-order valence-electron chi connectivity index (χ0n) is 16.3. The Bertz CT molecular complexity index is 1020. The van der Waals surface area contributed by atoms with Gasteiger partial charge in [-0.05, 0) is 17.7 Å². The molecule has 1 fully saturated rings. The van der Waals surface area contributed by atoms with E-state index in [2.05, 4.69) is 9.97 Å². The van der Waals surface area contributed by atoms with Gasteiger partial charge in [-0.15, -0.1) is 0 Å². The van der Waals surface area contributed by atoms with Crippen LogP contribution in [0.15, 0.2) is 36.8 Å². The number of nitrogen functional groups attached to an aromatic ring is 1. The fourth-order valence-electron chi connectivity index (χ4n) is 3.62. The minimum absolute atomic E-state index is 0.216. The van der Waals surface area contributed by atoms with Crippen molar-refractivity contribution in [2.24, 2.45) is 0 Å². The summed E-state index contributed by atoms with van der Waals surface area (Å²) in [6.45, 7) is 0.450. The van der Waals surface area contributed by atoms with Gasteiger partial charge < -0.3 is 15.7 Å². The second kappa shape index (κ2) is 7.36. The Labute approximate surface area is 168 Å². The van der Waals surface area contributed by atoms with Gasteiger partial charge in [0.05, 0.1) is 18.0 Å². The van der Waals surface area contributed by atoms with Gasteiger partial charge >= 0.3 is 0 Å². The van der Waals surface area contributed by atoms with Crippen LogP contribution in [0.1, 0.15) is 29.7 Å². The fourth-order valence-corrected chi connectivity index (χ4v) is 3.62. The van der Waals surface area contributed by atoms with Gasteiger partial charge in [-0.2, -0.15) is 0 Å². The van der Waals surface area contributed by atoms with Crippen LogP contribution in [0.3, 0.4) is 0 Å². The molecule has 2 aliphatic rings. The standard InChI is InChI=1S/C21H24FN6O/c1-27-10-15(11-27)14-2-3-17(23)16(8-14)20(24)18-9-19(26-13-25-18)28-6-4-21(22,12-29)5-7-28/h2-3,8-11,13,24,29H,4-7,12,23H2,1H3/q+1. The van der Waals surface area contributed by atoms with E-state index in [9.17, 15) is 9.50 Å². The predicted molar refractivity (Wildman–Crippen MR) is 111 cm³/mol. The maximum Gasteiger partial charge on any atom is 0.182 e. The maximum atomic E-state index is 14.3. The van der Waals surface area contributed by atoms with Crippen molar-refractivity contribution < 1.29 is 14.1 Å². The number of hydrogen-bond donors (Lipinski definition) is 3. The van der Waals surface area contributed by atoms with Gasteiger partial charge in [0.15, 0.2) is 12.4 Å². The van der Waals surface area contributed by atoms with Gasteiger partial charge in [0.1, 0.15) is 30.4 Å². The van der Waals surface area contributed by atoms with Crippen LogP contribution in [-0.2, 0) is 0 Å². The van der Waals surface area contributed by atoms with Crippen LogP contribution in [0.25, 0.3) is 5.57 Å². The Balaban J connectivity index is 1.57. The molecule has 1 aromatic heterocycles. The highest BCUT2D eigenvalue weighted by atomic mass is 19.1. The predicted octanol–water partition coefficient (Wildman–Crippen LogP) is 1.84. The van der Waals surface area contributed by atoms with E-state index in [4.69, 9.17) is 11.1 Å². The smallest absolute Gasteiger partial charge is 0.182 e. The molecule has 0 spiro atoms. The van der Waals surface area contributed by atoms with Crippen LogP contribution < -0.4 is 10.6 Å². The second-order valence-corrected chi connectivity index (χ2v) is 7.61. The Kier molecular flexibility index (Phi) is 4.87. The lowest BCUT2D eigenvalue weighted by Crippen LogP contribution is -2.44. The van der Waals surface area contributed by atoms with Gasteiger partial charge in [-0.25, -0.2) is 18.9 Å². The average molecular weight is 395 g/mol. The number of rotatable bonds is 5. The number of hydrogen-bond acceptors (Lipinski definition) is 6. The number of aromatic nitrogens is 2. The number of halogens is 1. The van der Waals surface area contributed by atoms with Crippen LogP contribution in [0, 0.1) is 5.41 Å². The van der Waals surface area contributed by atoms with Gasteiger partial charge in [0, 0.05) is 43.2 Å². The topological polar surface area (TPSA) is 102 Å². The fraction of sp³-hybridized carbons (Fsp3) is 0.333. The molecule has 0 amide bonds. The number of nitrogens with zero attached hydrogens (tertiary/aromatic N) is 4. The molecule has 3 heterocycles. The monoisotopic (exact) mass is 395 g/mol. The normalized spacial score (nSPS) is 18.0. The van der Waals surface area contributed by atoms with E-state index in [0.29, 0.717) is 35.9 Å². The number of anilines is 2. The summed E-state index contributed by atoms with van der Waals surface area (Å²) >= 11 is 0. The molecule has 0 unspecified atom stereocenters. The molecule has 2 aromatic rings. The SMILES string of the molecule is C[N+]1=CC(c2ccc(N)c(C(=N)c3cc(N4CCC(F)(CO)CC4)ncn3)c2)=C1. The minimum Gasteiger partial charge on any atom is -0.398 e. The average Bonchev–Trinajstić information content (AvgIpc) is 2.72. The summed E-state index contributed by atoms with van der Waals surface area (Å²) in [4.78, 5) is 10.5. The minimum atomic E-state index is -1.52. The lowest BCUT2D eigenvalue weighted by molar-refractivity contribution is -0.423. The first kappa shape index (κ1) is 19.2. The lowest BCUT2D eigenvalue weighted by Gasteiger charge is -2.35. The number of piperidine rings is 1. The first-order valence-corrected chi connectivity index (χ1v) is 9.53. The molecule has 0 atom stereocenters. The molecule has 7 nitrogen and oxygen atoms in total. The van der Waals surface area contributed by atoms with Crippen molar-refractivity contribution in [2.75, 3.05) is 37.4 Å². The van der Waals surface area contributed by atoms with Gasteiger partial charge in [-0.3, -0.25) is 5.41 Å². The Morgan fingerprint density at radius 1 is 1.31 bits per heavy atom. The molecular weight excluding hydrogens is 371 g/mol. The summed E-state index contributed by atoms with van der Waals surface area (Å²) in [6, 6.07) is 7.37. The van der Waals surface area contributed by atoms with Crippen LogP contribution in [0.5, 0.6) is 0 Å². The number of benzene rings is 1. The van der Waals surface area contributed by atoms with E-state index in [1.165, 1.54) is 6.33 Å². The quantitative estimate of drug-likeness (QED) is 0.407. The molecule has 2 aliphatic heterocycles. The zero-order valence-corrected chi connectivity index (χ0v) is 16.3. The van der Waals surface area contributed by atoms with Crippen molar-refractivity contribution in [3.63, 3.8) is 0 Å². The second-order valence-electron chi connectivity index (χ2n) is 7.61. The van der Waals surface area contributed by atoms with Crippen molar-refractivity contribution in [1.29, 1.82) is 5.41 Å². The van der Waals surface area contributed by atoms with E-state index >= 15 is 0 Å². The van der Waals surface area contributed by atoms with Crippen molar-refractivity contribution >= 4 is 29.0 Å². The Morgan fingerprint density at radius 3 is 2.69 bits per heavy atom. The summed E-state index contributed by atoms with van der Waals surface area (Å²) in [5.74, 6) is 0.645. The molecule has 0 radical (unpaired) electrons. The van der Waals surface area contributed by atoms with E-state index in [1.807, 2.05) is 41.1 Å². The number of aliphatic hydroxyl groups excluding tert-OH is 1. The maximum absolute atomic E-state index is 14.3. The molecule has 29 heavy (non-hydrogen) atoms. The Hall–Kier alpha value is -3.13. The highest BCUT2D eigenvalue weighted by molar-refractivity contribution is 6.15. The van der Waals surface area contributed by atoms with E-state index in [1.54, 1.807) is 12.1 Å². The molecule has 0 saturated carbocycles. The largest absolute Gasteiger partial charge is 0.398 e. The van der Waals surface area contributed by atoms with Crippen LogP contribution in [0.2, 0.25) is 0 Å². The number of nitrogens with two attached hydrogens (primary N) is 1. The summed E-state index contributed by atoms with van der Waals surface area (Å²) in [6.07, 6.45) is 5.93. The van der Waals surface area contributed by atoms with Crippen LogP contribution >= 0.6 is 0 Å². The van der Waals surface area contributed by atoms with E-state index in [0.717, 1.165) is 11.1 Å². The van der Waals surface area contributed by atoms with E-state index < -0.39 is 12.3 Å². The van der Waals surface area contributed by atoms with Crippen LogP contribution in [0.4, 0.5) is 15.9 Å². The lowest BCUT2D eigenvalue weighted by atomic mass is 9.94. The molecular formula is C21H24FN6O+. The molecule has 1 saturated heterocycles. The summed E-state index contributed by atoms with van der Waals surface area (Å²) in [5, 5.41) is 17.9. The number of nitrogens with one attached hydrogen (secondary N) is 1. The highest BCUT2D eigenvalue weighted by Gasteiger charge is 2.34. The van der Waals surface area contributed by atoms with Gasteiger partial charge in [0.25, 0.3) is 0 Å². The molecule has 8 heteroatoms. The van der Waals surface area contributed by atoms with Gasteiger partial charge in [-0.1, -0.05) is 6.07 Å². The summed E-state index contributed by atoms with van der Waals surface area (Å²) in [5.41, 5.74) is 8.49.